The quantitative estimate of drug-likeness (QED) is 0.347. The molecule has 0 atom stereocenters. The molecule has 2 heterocycles. The lowest BCUT2D eigenvalue weighted by Gasteiger charge is -2.09. The number of amides is 1. The second-order valence-corrected chi connectivity index (χ2v) is 7.57. The Bertz CT molecular complexity index is 1420. The molecule has 7 nitrogen and oxygen atoms in total. The first-order valence-corrected chi connectivity index (χ1v) is 10.7. The largest absolute Gasteiger partial charge is 0.310 e. The maximum Gasteiger partial charge on any atom is 0.267 e. The summed E-state index contributed by atoms with van der Waals surface area (Å²) in [7, 11) is 0. The van der Waals surface area contributed by atoms with E-state index in [0.29, 0.717) is 17.1 Å². The molecule has 0 aliphatic carbocycles. The van der Waals surface area contributed by atoms with Crippen LogP contribution in [-0.2, 0) is 6.54 Å². The number of nitrogens with one attached hydrogen (secondary N) is 1. The van der Waals surface area contributed by atoms with Crippen LogP contribution in [0, 0.1) is 0 Å². The molecule has 2 aromatic carbocycles. The first kappa shape index (κ1) is 22.5. The van der Waals surface area contributed by atoms with E-state index in [-0.39, 0.29) is 18.0 Å². The van der Waals surface area contributed by atoms with Crippen LogP contribution in [0.25, 0.3) is 17.3 Å². The van der Waals surface area contributed by atoms with Crippen LogP contribution in [0.4, 0.5) is 5.69 Å². The number of carbonyl (C=O) groups excluding carboxylic acids is 1. The zero-order valence-corrected chi connectivity index (χ0v) is 18.7. The maximum absolute atomic E-state index is 12.8. The summed E-state index contributed by atoms with van der Waals surface area (Å²) >= 11 is 0. The van der Waals surface area contributed by atoms with E-state index >= 15 is 0 Å². The number of amidine groups is 1. The lowest BCUT2D eigenvalue weighted by molar-refractivity contribution is 0.0977. The van der Waals surface area contributed by atoms with E-state index in [9.17, 15) is 9.59 Å². The topological polar surface area (TPSA) is 89.2 Å². The Morgan fingerprint density at radius 2 is 1.94 bits per heavy atom. The Balaban J connectivity index is 1.52. The molecular weight excluding hydrogens is 426 g/mol. The SMILES string of the molecule is C=Cc1ccccc1N=C(C)NC(=O)c1cccc(Cn2nc(-c3cccnc3)ccc2=O)c1. The fourth-order valence-electron chi connectivity index (χ4n) is 3.42. The van der Waals surface area contributed by atoms with Crippen molar-refractivity contribution in [3.63, 3.8) is 0 Å². The maximum atomic E-state index is 12.8. The minimum Gasteiger partial charge on any atom is -0.310 e. The van der Waals surface area contributed by atoms with Crippen LogP contribution in [0.2, 0.25) is 0 Å². The van der Waals surface area contributed by atoms with E-state index in [1.165, 1.54) is 10.7 Å². The van der Waals surface area contributed by atoms with Gasteiger partial charge in [-0.05, 0) is 54.4 Å². The van der Waals surface area contributed by atoms with E-state index in [4.69, 9.17) is 0 Å². The van der Waals surface area contributed by atoms with Gasteiger partial charge in [0.05, 0.1) is 17.9 Å². The van der Waals surface area contributed by atoms with Crippen LogP contribution >= 0.6 is 0 Å². The van der Waals surface area contributed by atoms with Gasteiger partial charge in [0.15, 0.2) is 0 Å². The highest BCUT2D eigenvalue weighted by Gasteiger charge is 2.10. The molecule has 0 aliphatic heterocycles. The van der Waals surface area contributed by atoms with Crippen molar-refractivity contribution < 1.29 is 4.79 Å². The van der Waals surface area contributed by atoms with Gasteiger partial charge in [-0.2, -0.15) is 5.10 Å². The third-order valence-corrected chi connectivity index (χ3v) is 5.08. The molecule has 0 unspecified atom stereocenters. The summed E-state index contributed by atoms with van der Waals surface area (Å²) in [6, 6.07) is 21.5. The molecule has 0 bridgehead atoms. The minimum absolute atomic E-state index is 0.230. The molecule has 0 fully saturated rings. The van der Waals surface area contributed by atoms with E-state index < -0.39 is 0 Å². The molecule has 0 aliphatic rings. The summed E-state index contributed by atoms with van der Waals surface area (Å²) in [5.41, 5.74) is 4.07. The van der Waals surface area contributed by atoms with E-state index in [0.717, 1.165) is 22.4 Å². The molecule has 4 aromatic rings. The summed E-state index contributed by atoms with van der Waals surface area (Å²) in [5.74, 6) is 0.176. The average Bonchev–Trinajstić information content (AvgIpc) is 2.86. The number of rotatable bonds is 6. The normalized spacial score (nSPS) is 11.1. The van der Waals surface area contributed by atoms with E-state index in [1.54, 1.807) is 49.7 Å². The molecule has 0 radical (unpaired) electrons. The summed E-state index contributed by atoms with van der Waals surface area (Å²) in [6.45, 7) is 5.75. The summed E-state index contributed by atoms with van der Waals surface area (Å²) in [5, 5.41) is 7.28. The second kappa shape index (κ2) is 10.3. The number of para-hydroxylation sites is 1. The van der Waals surface area contributed by atoms with Crippen molar-refractivity contribution >= 4 is 23.5 Å². The van der Waals surface area contributed by atoms with Gasteiger partial charge in [-0.3, -0.25) is 14.6 Å². The standard InChI is InChI=1S/C27H23N5O2/c1-3-21-9-4-5-12-24(21)29-19(2)30-27(34)22-10-6-8-20(16-22)18-32-26(33)14-13-25(31-32)23-11-7-15-28-17-23/h3-17H,1,18H2,2H3,(H,29,30,34). The van der Waals surface area contributed by atoms with Crippen molar-refractivity contribution in [1.82, 2.24) is 20.1 Å². The smallest absolute Gasteiger partial charge is 0.267 e. The monoisotopic (exact) mass is 449 g/mol. The molecule has 1 N–H and O–H groups in total. The van der Waals surface area contributed by atoms with Crippen LogP contribution in [-0.4, -0.2) is 26.5 Å². The molecule has 0 spiro atoms. The zero-order valence-electron chi connectivity index (χ0n) is 18.7. The fraction of sp³-hybridized carbons (Fsp3) is 0.0741. The fourth-order valence-corrected chi connectivity index (χ4v) is 3.42. The first-order chi connectivity index (χ1) is 16.5. The molecule has 7 heteroatoms. The molecule has 168 valence electrons. The Labute approximate surface area is 197 Å². The predicted molar refractivity (Wildman–Crippen MR) is 134 cm³/mol. The van der Waals surface area contributed by atoms with Crippen molar-refractivity contribution in [2.75, 3.05) is 0 Å². The molecule has 34 heavy (non-hydrogen) atoms. The number of aliphatic imine (C=N–C) groups is 1. The van der Waals surface area contributed by atoms with Crippen LogP contribution in [0.5, 0.6) is 0 Å². The highest BCUT2D eigenvalue weighted by molar-refractivity contribution is 6.06. The van der Waals surface area contributed by atoms with E-state index in [2.05, 4.69) is 27.0 Å². The number of pyridine rings is 1. The van der Waals surface area contributed by atoms with Crippen LogP contribution < -0.4 is 10.9 Å². The Morgan fingerprint density at radius 3 is 2.74 bits per heavy atom. The minimum atomic E-state index is -0.288. The Morgan fingerprint density at radius 1 is 1.09 bits per heavy atom. The van der Waals surface area contributed by atoms with Gasteiger partial charge in [0.2, 0.25) is 0 Å². The third kappa shape index (κ3) is 5.39. The van der Waals surface area contributed by atoms with Crippen molar-refractivity contribution in [1.29, 1.82) is 0 Å². The van der Waals surface area contributed by atoms with Gasteiger partial charge in [0.25, 0.3) is 11.5 Å². The number of nitrogens with zero attached hydrogens (tertiary/aromatic N) is 4. The molecule has 4 rings (SSSR count). The van der Waals surface area contributed by atoms with Gasteiger partial charge in [-0.15, -0.1) is 0 Å². The van der Waals surface area contributed by atoms with Gasteiger partial charge < -0.3 is 5.32 Å². The number of aromatic nitrogens is 3. The number of carbonyl (C=O) groups is 1. The summed E-state index contributed by atoms with van der Waals surface area (Å²) in [6.07, 6.45) is 5.09. The third-order valence-electron chi connectivity index (χ3n) is 5.08. The Kier molecular flexibility index (Phi) is 6.84. The molecule has 2 aromatic heterocycles. The van der Waals surface area contributed by atoms with Crippen LogP contribution in [0.3, 0.4) is 0 Å². The van der Waals surface area contributed by atoms with Gasteiger partial charge in [-0.1, -0.05) is 43.0 Å². The molecular formula is C27H23N5O2. The summed E-state index contributed by atoms with van der Waals surface area (Å²) < 4.78 is 1.37. The molecule has 1 amide bonds. The molecule has 0 saturated heterocycles. The number of benzene rings is 2. The van der Waals surface area contributed by atoms with Gasteiger partial charge in [0, 0.05) is 29.6 Å². The second-order valence-electron chi connectivity index (χ2n) is 7.57. The predicted octanol–water partition coefficient (Wildman–Crippen LogP) is 4.48. The van der Waals surface area contributed by atoms with Crippen molar-refractivity contribution in [2.45, 2.75) is 13.5 Å². The van der Waals surface area contributed by atoms with Crippen LogP contribution in [0.1, 0.15) is 28.4 Å². The molecule has 0 saturated carbocycles. The van der Waals surface area contributed by atoms with Crippen molar-refractivity contribution in [3.8, 4) is 11.3 Å². The van der Waals surface area contributed by atoms with Gasteiger partial charge >= 0.3 is 0 Å². The first-order valence-electron chi connectivity index (χ1n) is 10.7. The highest BCUT2D eigenvalue weighted by atomic mass is 16.1. The number of hydrogen-bond acceptors (Lipinski definition) is 5. The van der Waals surface area contributed by atoms with Crippen molar-refractivity contribution in [3.05, 3.63) is 119 Å². The van der Waals surface area contributed by atoms with E-state index in [1.807, 2.05) is 42.5 Å². The Hall–Kier alpha value is -4.65. The van der Waals surface area contributed by atoms with Gasteiger partial charge in [0.1, 0.15) is 5.84 Å². The van der Waals surface area contributed by atoms with Gasteiger partial charge in [-0.25, -0.2) is 9.67 Å². The van der Waals surface area contributed by atoms with Crippen molar-refractivity contribution in [2.24, 2.45) is 4.99 Å². The highest BCUT2D eigenvalue weighted by Crippen LogP contribution is 2.19. The lowest BCUT2D eigenvalue weighted by Crippen LogP contribution is -2.28. The number of hydrogen-bond donors (Lipinski definition) is 1. The zero-order chi connectivity index (χ0) is 23.9. The lowest BCUT2D eigenvalue weighted by atomic mass is 10.1. The summed E-state index contributed by atoms with van der Waals surface area (Å²) in [4.78, 5) is 33.8. The average molecular weight is 450 g/mol. The van der Waals surface area contributed by atoms with Crippen LogP contribution in [0.15, 0.2) is 102 Å².